The molecule has 0 unspecified atom stereocenters. The third kappa shape index (κ3) is 5.59. The molecule has 5 heteroatoms. The molecule has 2 aromatic rings. The van der Waals surface area contributed by atoms with Crippen LogP contribution in [0.1, 0.15) is 60.5 Å². The van der Waals surface area contributed by atoms with Crippen LogP contribution in [0.5, 0.6) is 5.75 Å². The van der Waals surface area contributed by atoms with Gasteiger partial charge in [0.1, 0.15) is 5.75 Å². The van der Waals surface area contributed by atoms with Gasteiger partial charge in [-0.25, -0.2) is 0 Å². The van der Waals surface area contributed by atoms with Gasteiger partial charge in [-0.2, -0.15) is 0 Å². The molecule has 0 bridgehead atoms. The lowest BCUT2D eigenvalue weighted by atomic mass is 9.95. The van der Waals surface area contributed by atoms with Crippen molar-refractivity contribution in [3.8, 4) is 5.75 Å². The van der Waals surface area contributed by atoms with Crippen LogP contribution in [0.4, 0.5) is 5.69 Å². The maximum Gasteiger partial charge on any atom is 0.265 e. The van der Waals surface area contributed by atoms with E-state index in [-0.39, 0.29) is 17.9 Å². The summed E-state index contributed by atoms with van der Waals surface area (Å²) in [6.07, 6.45) is 4.87. The summed E-state index contributed by atoms with van der Waals surface area (Å²) < 4.78 is 5.79. The average Bonchev–Trinajstić information content (AvgIpc) is 2.71. The number of carbonyl (C=O) groups is 2. The Morgan fingerprint density at radius 1 is 1.00 bits per heavy atom. The summed E-state index contributed by atoms with van der Waals surface area (Å²) in [5.74, 6) is 0.218. The van der Waals surface area contributed by atoms with Crippen LogP contribution in [0, 0.1) is 13.8 Å². The second-order valence-corrected chi connectivity index (χ2v) is 7.85. The highest BCUT2D eigenvalue weighted by atomic mass is 16.5. The van der Waals surface area contributed by atoms with Crippen molar-refractivity contribution in [1.82, 2.24) is 5.32 Å². The van der Waals surface area contributed by atoms with Crippen molar-refractivity contribution in [2.75, 3.05) is 5.32 Å². The van der Waals surface area contributed by atoms with Crippen molar-refractivity contribution in [2.45, 2.75) is 65.0 Å². The number of hydrogen-bond acceptors (Lipinski definition) is 3. The van der Waals surface area contributed by atoms with Crippen molar-refractivity contribution in [2.24, 2.45) is 0 Å². The van der Waals surface area contributed by atoms with Gasteiger partial charge in [0.15, 0.2) is 6.10 Å². The van der Waals surface area contributed by atoms with Gasteiger partial charge in [0.2, 0.25) is 0 Å². The summed E-state index contributed by atoms with van der Waals surface area (Å²) in [5.41, 5.74) is 3.26. The summed E-state index contributed by atoms with van der Waals surface area (Å²) in [7, 11) is 0. The van der Waals surface area contributed by atoms with Crippen molar-refractivity contribution in [3.63, 3.8) is 0 Å². The Balaban J connectivity index is 1.65. The van der Waals surface area contributed by atoms with Crippen LogP contribution in [0.2, 0.25) is 0 Å². The normalized spacial score (nSPS) is 15.4. The van der Waals surface area contributed by atoms with Crippen molar-refractivity contribution < 1.29 is 14.3 Å². The first-order chi connectivity index (χ1) is 13.9. The van der Waals surface area contributed by atoms with Gasteiger partial charge in [0.05, 0.1) is 11.3 Å². The van der Waals surface area contributed by atoms with Crippen LogP contribution in [0.3, 0.4) is 0 Å². The quantitative estimate of drug-likeness (QED) is 0.741. The monoisotopic (exact) mass is 394 g/mol. The van der Waals surface area contributed by atoms with E-state index in [1.54, 1.807) is 25.1 Å². The van der Waals surface area contributed by atoms with Gasteiger partial charge >= 0.3 is 0 Å². The maximum absolute atomic E-state index is 12.8. The van der Waals surface area contributed by atoms with Gasteiger partial charge in [0.25, 0.3) is 11.8 Å². The Hall–Kier alpha value is -2.82. The zero-order valence-electron chi connectivity index (χ0n) is 17.5. The maximum atomic E-state index is 12.8. The molecule has 0 radical (unpaired) electrons. The molecule has 2 N–H and O–H groups in total. The Bertz CT molecular complexity index is 872. The lowest BCUT2D eigenvalue weighted by molar-refractivity contribution is -0.122. The number of rotatable bonds is 6. The van der Waals surface area contributed by atoms with Crippen LogP contribution in [-0.2, 0) is 4.79 Å². The number of para-hydroxylation sites is 1. The van der Waals surface area contributed by atoms with E-state index in [2.05, 4.69) is 10.6 Å². The van der Waals surface area contributed by atoms with Crippen molar-refractivity contribution in [3.05, 3.63) is 59.2 Å². The first kappa shape index (κ1) is 20.9. The standard InChI is InChI=1S/C24H30N2O3/c1-16-13-14-20(15-17(16)2)29-18(3)23(27)26-22-12-8-7-11-21(22)24(28)25-19-9-5-4-6-10-19/h7-8,11-15,18-19H,4-6,9-10H2,1-3H3,(H,25,28)(H,26,27)/t18-/m1/s1. The van der Waals surface area contributed by atoms with E-state index in [0.29, 0.717) is 17.0 Å². The van der Waals surface area contributed by atoms with E-state index in [9.17, 15) is 9.59 Å². The smallest absolute Gasteiger partial charge is 0.265 e. The molecule has 0 spiro atoms. The molecule has 3 rings (SSSR count). The number of anilines is 1. The van der Waals surface area contributed by atoms with Gasteiger partial charge in [-0.15, -0.1) is 0 Å². The zero-order chi connectivity index (χ0) is 20.8. The predicted molar refractivity (Wildman–Crippen MR) is 115 cm³/mol. The minimum Gasteiger partial charge on any atom is -0.481 e. The molecule has 1 aliphatic carbocycles. The fourth-order valence-electron chi connectivity index (χ4n) is 3.58. The minimum absolute atomic E-state index is 0.143. The average molecular weight is 395 g/mol. The van der Waals surface area contributed by atoms with Gasteiger partial charge in [-0.3, -0.25) is 9.59 Å². The number of benzene rings is 2. The topological polar surface area (TPSA) is 67.4 Å². The number of ether oxygens (including phenoxy) is 1. The molecule has 154 valence electrons. The van der Waals surface area contributed by atoms with Crippen molar-refractivity contribution >= 4 is 17.5 Å². The number of amides is 2. The molecule has 2 aromatic carbocycles. The molecule has 2 amide bonds. The van der Waals surface area contributed by atoms with E-state index in [0.717, 1.165) is 31.2 Å². The number of nitrogens with one attached hydrogen (secondary N) is 2. The molecule has 0 aromatic heterocycles. The highest BCUT2D eigenvalue weighted by Crippen LogP contribution is 2.21. The van der Waals surface area contributed by atoms with Crippen LogP contribution in [-0.4, -0.2) is 24.0 Å². The summed E-state index contributed by atoms with van der Waals surface area (Å²) in [6.45, 7) is 5.74. The Morgan fingerprint density at radius 3 is 2.45 bits per heavy atom. The third-order valence-corrected chi connectivity index (χ3v) is 5.53. The first-order valence-electron chi connectivity index (χ1n) is 10.4. The van der Waals surface area contributed by atoms with E-state index in [1.165, 1.54) is 12.0 Å². The van der Waals surface area contributed by atoms with Gasteiger partial charge in [-0.1, -0.05) is 37.5 Å². The van der Waals surface area contributed by atoms with Crippen LogP contribution < -0.4 is 15.4 Å². The third-order valence-electron chi connectivity index (χ3n) is 5.53. The molecule has 1 aliphatic rings. The van der Waals surface area contributed by atoms with Gasteiger partial charge in [0, 0.05) is 6.04 Å². The van der Waals surface area contributed by atoms with E-state index < -0.39 is 6.10 Å². The summed E-state index contributed by atoms with van der Waals surface area (Å²) in [6, 6.07) is 13.1. The van der Waals surface area contributed by atoms with Gasteiger partial charge < -0.3 is 15.4 Å². The summed E-state index contributed by atoms with van der Waals surface area (Å²) in [5, 5.41) is 5.96. The highest BCUT2D eigenvalue weighted by Gasteiger charge is 2.21. The lowest BCUT2D eigenvalue weighted by Gasteiger charge is -2.23. The molecule has 0 saturated heterocycles. The number of hydrogen-bond donors (Lipinski definition) is 2. The summed E-state index contributed by atoms with van der Waals surface area (Å²) >= 11 is 0. The first-order valence-corrected chi connectivity index (χ1v) is 10.4. The molecule has 5 nitrogen and oxygen atoms in total. The Kier molecular flexibility index (Phi) is 6.91. The molecular formula is C24H30N2O3. The van der Waals surface area contributed by atoms with Gasteiger partial charge in [-0.05, 0) is 69.0 Å². The number of carbonyl (C=O) groups excluding carboxylic acids is 2. The van der Waals surface area contributed by atoms with Crippen molar-refractivity contribution in [1.29, 1.82) is 0 Å². The molecule has 1 saturated carbocycles. The Morgan fingerprint density at radius 2 is 1.72 bits per heavy atom. The molecule has 0 heterocycles. The van der Waals surface area contributed by atoms with Crippen LogP contribution >= 0.6 is 0 Å². The number of aryl methyl sites for hydroxylation is 2. The van der Waals surface area contributed by atoms with Crippen LogP contribution in [0.25, 0.3) is 0 Å². The second-order valence-electron chi connectivity index (χ2n) is 7.85. The molecular weight excluding hydrogens is 364 g/mol. The molecule has 1 fully saturated rings. The molecule has 29 heavy (non-hydrogen) atoms. The molecule has 1 atom stereocenters. The van der Waals surface area contributed by atoms with E-state index in [1.807, 2.05) is 38.1 Å². The van der Waals surface area contributed by atoms with E-state index >= 15 is 0 Å². The second kappa shape index (κ2) is 9.59. The Labute approximate surface area is 172 Å². The predicted octanol–water partition coefficient (Wildman–Crippen LogP) is 4.77. The fraction of sp³-hybridized carbons (Fsp3) is 0.417. The van der Waals surface area contributed by atoms with Crippen LogP contribution in [0.15, 0.2) is 42.5 Å². The molecule has 0 aliphatic heterocycles. The largest absolute Gasteiger partial charge is 0.481 e. The minimum atomic E-state index is -0.688. The SMILES string of the molecule is Cc1ccc(O[C@H](C)C(=O)Nc2ccccc2C(=O)NC2CCCCC2)cc1C. The summed E-state index contributed by atoms with van der Waals surface area (Å²) in [4.78, 5) is 25.4. The lowest BCUT2D eigenvalue weighted by Crippen LogP contribution is -2.37. The zero-order valence-corrected chi connectivity index (χ0v) is 17.5. The van der Waals surface area contributed by atoms with E-state index in [4.69, 9.17) is 4.74 Å². The fourth-order valence-corrected chi connectivity index (χ4v) is 3.58. The highest BCUT2D eigenvalue weighted by molar-refractivity contribution is 6.04.